The highest BCUT2D eigenvalue weighted by Crippen LogP contribution is 2.38. The third-order valence-electron chi connectivity index (χ3n) is 3.23. The molecule has 1 aliphatic rings. The highest BCUT2D eigenvalue weighted by atomic mass is 16.5. The van der Waals surface area contributed by atoms with Gasteiger partial charge in [-0.2, -0.15) is 0 Å². The number of hydrogen-bond acceptors (Lipinski definition) is 2. The van der Waals surface area contributed by atoms with Crippen LogP contribution in [0.15, 0.2) is 0 Å². The largest absolute Gasteiger partial charge is 0.463 e. The maximum absolute atomic E-state index is 10.8. The first-order chi connectivity index (χ1) is 6.39. The van der Waals surface area contributed by atoms with Crippen LogP contribution in [-0.2, 0) is 9.53 Å². The Morgan fingerprint density at radius 3 is 2.00 bits per heavy atom. The molecule has 1 rings (SSSR count). The first-order valence-electron chi connectivity index (χ1n) is 5.57. The highest BCUT2D eigenvalue weighted by Gasteiger charge is 2.30. The van der Waals surface area contributed by atoms with E-state index < -0.39 is 0 Å². The van der Waals surface area contributed by atoms with Gasteiger partial charge in [0.05, 0.1) is 0 Å². The van der Waals surface area contributed by atoms with Crippen molar-refractivity contribution < 1.29 is 9.53 Å². The molecule has 0 spiro atoms. The summed E-state index contributed by atoms with van der Waals surface area (Å²) in [5.41, 5.74) is 0.404. The Kier molecular flexibility index (Phi) is 3.57. The van der Waals surface area contributed by atoms with Gasteiger partial charge in [-0.3, -0.25) is 4.79 Å². The Morgan fingerprint density at radius 2 is 1.64 bits per heavy atom. The van der Waals surface area contributed by atoms with E-state index in [0.29, 0.717) is 5.41 Å². The zero-order chi connectivity index (χ0) is 10.8. The molecule has 0 atom stereocenters. The van der Waals surface area contributed by atoms with E-state index in [-0.39, 0.29) is 12.1 Å². The van der Waals surface area contributed by atoms with Gasteiger partial charge in [-0.15, -0.1) is 0 Å². The number of esters is 1. The minimum atomic E-state index is -0.135. The predicted octanol–water partition coefficient (Wildman–Crippen LogP) is 3.15. The second-order valence-corrected chi connectivity index (χ2v) is 5.45. The summed E-state index contributed by atoms with van der Waals surface area (Å²) >= 11 is 0. The molecule has 0 amide bonds. The lowest BCUT2D eigenvalue weighted by atomic mass is 9.72. The minimum Gasteiger partial charge on any atom is -0.463 e. The van der Waals surface area contributed by atoms with Crippen LogP contribution in [0.4, 0.5) is 0 Å². The van der Waals surface area contributed by atoms with E-state index in [2.05, 4.69) is 20.8 Å². The second-order valence-electron chi connectivity index (χ2n) is 5.45. The molecular weight excluding hydrogens is 176 g/mol. The lowest BCUT2D eigenvalue weighted by molar-refractivity contribution is -0.148. The quantitative estimate of drug-likeness (QED) is 0.605. The van der Waals surface area contributed by atoms with Crippen LogP contribution in [0.2, 0.25) is 0 Å². The predicted molar refractivity (Wildman–Crippen MR) is 57.0 cm³/mol. The van der Waals surface area contributed by atoms with E-state index in [1.165, 1.54) is 19.8 Å². The Labute approximate surface area is 87.0 Å². The van der Waals surface area contributed by atoms with E-state index in [4.69, 9.17) is 4.74 Å². The smallest absolute Gasteiger partial charge is 0.302 e. The molecule has 1 fully saturated rings. The van der Waals surface area contributed by atoms with Crippen molar-refractivity contribution in [1.29, 1.82) is 0 Å². The molecule has 0 aromatic rings. The first kappa shape index (κ1) is 11.5. The van der Waals surface area contributed by atoms with Gasteiger partial charge in [-0.25, -0.2) is 0 Å². The third-order valence-corrected chi connectivity index (χ3v) is 3.23. The zero-order valence-corrected chi connectivity index (χ0v) is 9.80. The number of carbonyl (C=O) groups excluding carboxylic acids is 1. The van der Waals surface area contributed by atoms with Crippen molar-refractivity contribution >= 4 is 5.97 Å². The maximum atomic E-state index is 10.8. The average molecular weight is 198 g/mol. The summed E-state index contributed by atoms with van der Waals surface area (Å²) in [4.78, 5) is 10.8. The van der Waals surface area contributed by atoms with Gasteiger partial charge in [0, 0.05) is 6.92 Å². The first-order valence-corrected chi connectivity index (χ1v) is 5.57. The SMILES string of the molecule is CC(=O)O[C@H]1CC[C@@H](C(C)(C)C)CC1. The lowest BCUT2D eigenvalue weighted by Crippen LogP contribution is -2.29. The molecule has 0 saturated heterocycles. The van der Waals surface area contributed by atoms with Crippen molar-refractivity contribution in [2.45, 2.75) is 59.5 Å². The molecule has 82 valence electrons. The minimum absolute atomic E-state index is 0.135. The summed E-state index contributed by atoms with van der Waals surface area (Å²) in [6.45, 7) is 8.38. The fraction of sp³-hybridized carbons (Fsp3) is 0.917. The van der Waals surface area contributed by atoms with E-state index in [1.54, 1.807) is 0 Å². The molecule has 0 bridgehead atoms. The van der Waals surface area contributed by atoms with Gasteiger partial charge in [0.2, 0.25) is 0 Å². The van der Waals surface area contributed by atoms with Crippen molar-refractivity contribution in [3.05, 3.63) is 0 Å². The van der Waals surface area contributed by atoms with Crippen molar-refractivity contribution in [3.63, 3.8) is 0 Å². The van der Waals surface area contributed by atoms with E-state index in [0.717, 1.165) is 18.8 Å². The summed E-state index contributed by atoms with van der Waals surface area (Å²) in [5.74, 6) is 0.651. The molecular formula is C12H22O2. The maximum Gasteiger partial charge on any atom is 0.302 e. The average Bonchev–Trinajstić information content (AvgIpc) is 2.02. The van der Waals surface area contributed by atoms with Crippen LogP contribution in [0.25, 0.3) is 0 Å². The summed E-state index contributed by atoms with van der Waals surface area (Å²) in [6.07, 6.45) is 4.66. The summed E-state index contributed by atoms with van der Waals surface area (Å²) in [6, 6.07) is 0. The van der Waals surface area contributed by atoms with Gasteiger partial charge in [-0.05, 0) is 37.0 Å². The number of carbonyl (C=O) groups is 1. The van der Waals surface area contributed by atoms with Crippen molar-refractivity contribution in [1.82, 2.24) is 0 Å². The molecule has 2 nitrogen and oxygen atoms in total. The van der Waals surface area contributed by atoms with Gasteiger partial charge in [0.15, 0.2) is 0 Å². The lowest BCUT2D eigenvalue weighted by Gasteiger charge is -2.36. The molecule has 1 aliphatic carbocycles. The molecule has 0 aromatic heterocycles. The standard InChI is InChI=1S/C12H22O2/c1-9(13)14-11-7-5-10(6-8-11)12(2,3)4/h10-11H,5-8H2,1-4H3/t10-,11+. The van der Waals surface area contributed by atoms with Gasteiger partial charge in [0.1, 0.15) is 6.10 Å². The van der Waals surface area contributed by atoms with Gasteiger partial charge in [-0.1, -0.05) is 20.8 Å². The third kappa shape index (κ3) is 3.32. The molecule has 0 heterocycles. The van der Waals surface area contributed by atoms with Gasteiger partial charge < -0.3 is 4.74 Å². The van der Waals surface area contributed by atoms with Crippen LogP contribution in [0.5, 0.6) is 0 Å². The van der Waals surface area contributed by atoms with E-state index in [1.807, 2.05) is 0 Å². The molecule has 2 heteroatoms. The number of rotatable bonds is 1. The van der Waals surface area contributed by atoms with E-state index in [9.17, 15) is 4.79 Å². The zero-order valence-electron chi connectivity index (χ0n) is 9.80. The Hall–Kier alpha value is -0.530. The molecule has 1 saturated carbocycles. The monoisotopic (exact) mass is 198 g/mol. The fourth-order valence-electron chi connectivity index (χ4n) is 2.28. The second kappa shape index (κ2) is 4.33. The molecule has 0 aromatic carbocycles. The van der Waals surface area contributed by atoms with Crippen molar-refractivity contribution in [2.75, 3.05) is 0 Å². The van der Waals surface area contributed by atoms with Crippen LogP contribution in [0.1, 0.15) is 53.4 Å². The Morgan fingerprint density at radius 1 is 1.14 bits per heavy atom. The Balaban J connectivity index is 2.35. The highest BCUT2D eigenvalue weighted by molar-refractivity contribution is 5.66. The summed E-state index contributed by atoms with van der Waals surface area (Å²) < 4.78 is 5.21. The van der Waals surface area contributed by atoms with Crippen molar-refractivity contribution in [3.8, 4) is 0 Å². The molecule has 14 heavy (non-hydrogen) atoms. The van der Waals surface area contributed by atoms with Crippen molar-refractivity contribution in [2.24, 2.45) is 11.3 Å². The molecule has 0 aliphatic heterocycles. The number of ether oxygens (including phenoxy) is 1. The summed E-state index contributed by atoms with van der Waals surface area (Å²) in [7, 11) is 0. The topological polar surface area (TPSA) is 26.3 Å². The Bertz CT molecular complexity index is 195. The van der Waals surface area contributed by atoms with E-state index >= 15 is 0 Å². The molecule has 0 unspecified atom stereocenters. The van der Waals surface area contributed by atoms with Gasteiger partial charge in [0.25, 0.3) is 0 Å². The van der Waals surface area contributed by atoms with Crippen LogP contribution < -0.4 is 0 Å². The summed E-state index contributed by atoms with van der Waals surface area (Å²) in [5, 5.41) is 0. The molecule has 0 N–H and O–H groups in total. The van der Waals surface area contributed by atoms with Gasteiger partial charge >= 0.3 is 5.97 Å². The van der Waals surface area contributed by atoms with Crippen LogP contribution in [0, 0.1) is 11.3 Å². The number of hydrogen-bond donors (Lipinski definition) is 0. The van der Waals surface area contributed by atoms with Crippen LogP contribution in [0.3, 0.4) is 0 Å². The fourth-order valence-corrected chi connectivity index (χ4v) is 2.28. The molecule has 0 radical (unpaired) electrons. The van der Waals surface area contributed by atoms with Crippen LogP contribution in [-0.4, -0.2) is 12.1 Å². The normalized spacial score (nSPS) is 28.6. The van der Waals surface area contributed by atoms with Crippen LogP contribution >= 0.6 is 0 Å².